The maximum atomic E-state index is 13.1. The second-order valence-electron chi connectivity index (χ2n) is 7.25. The van der Waals surface area contributed by atoms with Gasteiger partial charge in [-0.05, 0) is 61.4 Å². The fourth-order valence-corrected chi connectivity index (χ4v) is 3.86. The number of fused-ring (bicyclic) bond motifs is 1. The van der Waals surface area contributed by atoms with E-state index in [0.717, 1.165) is 16.8 Å². The molecule has 32 heavy (non-hydrogen) atoms. The van der Waals surface area contributed by atoms with Crippen LogP contribution in [-0.2, 0) is 13.0 Å². The molecule has 0 saturated heterocycles. The number of benzene rings is 2. The molecule has 0 bridgehead atoms. The van der Waals surface area contributed by atoms with Crippen molar-refractivity contribution < 1.29 is 14.6 Å². The summed E-state index contributed by atoms with van der Waals surface area (Å²) in [5.41, 5.74) is 4.19. The molecule has 0 aliphatic carbocycles. The first-order valence-corrected chi connectivity index (χ1v) is 11.1. The molecule has 0 radical (unpaired) electrons. The predicted octanol–water partition coefficient (Wildman–Crippen LogP) is 3.03. The molecular formula is C23H20N5O3P. The number of aromatic nitrogens is 3. The standard InChI is InChI=1S/C23H20N5O3P/c1-15-12-18(8-10-25-15)26-23(29)22-27-20-13-17(14-24)4-7-21(20)28(22)11-9-16-2-5-19(6-3-16)32(30)31/h2-8,10,12-13,30-31H,9,11H2,1H3,(H,25,26,29). The highest BCUT2D eigenvalue weighted by Crippen LogP contribution is 2.23. The largest absolute Gasteiger partial charge is 0.347 e. The van der Waals surface area contributed by atoms with Crippen molar-refractivity contribution in [2.75, 3.05) is 5.32 Å². The number of anilines is 1. The van der Waals surface area contributed by atoms with Gasteiger partial charge < -0.3 is 19.7 Å². The van der Waals surface area contributed by atoms with Crippen LogP contribution >= 0.6 is 8.38 Å². The Kier molecular flexibility index (Phi) is 6.24. The van der Waals surface area contributed by atoms with Gasteiger partial charge in [-0.25, -0.2) is 4.98 Å². The molecule has 3 N–H and O–H groups in total. The number of nitrogens with zero attached hydrogens (tertiary/aromatic N) is 4. The quantitative estimate of drug-likeness (QED) is 0.392. The Morgan fingerprint density at radius 3 is 2.62 bits per heavy atom. The van der Waals surface area contributed by atoms with Crippen LogP contribution in [0.25, 0.3) is 11.0 Å². The number of aryl methyl sites for hydroxylation is 3. The Morgan fingerprint density at radius 1 is 1.16 bits per heavy atom. The van der Waals surface area contributed by atoms with E-state index in [1.807, 2.05) is 23.6 Å². The van der Waals surface area contributed by atoms with Crippen molar-refractivity contribution >= 4 is 36.3 Å². The van der Waals surface area contributed by atoms with Gasteiger partial charge in [-0.1, -0.05) is 12.1 Å². The van der Waals surface area contributed by atoms with Crippen LogP contribution in [0, 0.1) is 18.3 Å². The summed E-state index contributed by atoms with van der Waals surface area (Å²) < 4.78 is 1.83. The van der Waals surface area contributed by atoms with Crippen LogP contribution in [0.15, 0.2) is 60.8 Å². The fraction of sp³-hybridized carbons (Fsp3) is 0.130. The van der Waals surface area contributed by atoms with E-state index in [2.05, 4.69) is 21.4 Å². The van der Waals surface area contributed by atoms with Gasteiger partial charge in [-0.2, -0.15) is 5.26 Å². The van der Waals surface area contributed by atoms with Gasteiger partial charge in [-0.3, -0.25) is 9.78 Å². The summed E-state index contributed by atoms with van der Waals surface area (Å²) in [6.07, 6.45) is 2.23. The number of carbonyl (C=O) groups excluding carboxylic acids is 1. The Balaban J connectivity index is 1.65. The summed E-state index contributed by atoms with van der Waals surface area (Å²) >= 11 is 0. The highest BCUT2D eigenvalue weighted by Gasteiger charge is 2.18. The van der Waals surface area contributed by atoms with Crippen LogP contribution in [-0.4, -0.2) is 30.2 Å². The number of carbonyl (C=O) groups is 1. The van der Waals surface area contributed by atoms with E-state index in [-0.39, 0.29) is 11.7 Å². The number of amides is 1. The summed E-state index contributed by atoms with van der Waals surface area (Å²) in [5.74, 6) is -0.109. The fourth-order valence-electron chi connectivity index (χ4n) is 3.45. The molecule has 9 heteroatoms. The van der Waals surface area contributed by atoms with Crippen molar-refractivity contribution in [2.24, 2.45) is 0 Å². The Morgan fingerprint density at radius 2 is 1.94 bits per heavy atom. The molecule has 0 fully saturated rings. The molecule has 4 aromatic rings. The average Bonchev–Trinajstić information content (AvgIpc) is 3.15. The van der Waals surface area contributed by atoms with Gasteiger partial charge in [0.15, 0.2) is 14.2 Å². The van der Waals surface area contributed by atoms with E-state index in [1.54, 1.807) is 48.7 Å². The van der Waals surface area contributed by atoms with Crippen LogP contribution in [0.5, 0.6) is 0 Å². The molecule has 2 aromatic carbocycles. The molecule has 4 rings (SSSR count). The van der Waals surface area contributed by atoms with E-state index in [1.165, 1.54) is 0 Å². The molecule has 2 aromatic heterocycles. The van der Waals surface area contributed by atoms with Crippen LogP contribution in [0.4, 0.5) is 5.69 Å². The Hall–Kier alpha value is -3.63. The van der Waals surface area contributed by atoms with E-state index in [4.69, 9.17) is 0 Å². The zero-order valence-corrected chi connectivity index (χ0v) is 18.1. The lowest BCUT2D eigenvalue weighted by molar-refractivity contribution is 0.101. The number of rotatable bonds is 6. The zero-order valence-electron chi connectivity index (χ0n) is 17.2. The van der Waals surface area contributed by atoms with Crippen LogP contribution in [0.1, 0.15) is 27.4 Å². The predicted molar refractivity (Wildman–Crippen MR) is 123 cm³/mol. The maximum Gasteiger partial charge on any atom is 0.291 e. The molecule has 0 unspecified atom stereocenters. The molecule has 0 atom stereocenters. The van der Waals surface area contributed by atoms with Crippen molar-refractivity contribution in [3.8, 4) is 6.07 Å². The smallest absolute Gasteiger partial charge is 0.291 e. The maximum absolute atomic E-state index is 13.1. The van der Waals surface area contributed by atoms with E-state index >= 15 is 0 Å². The van der Waals surface area contributed by atoms with Crippen molar-refractivity contribution in [2.45, 2.75) is 19.9 Å². The Labute approximate surface area is 185 Å². The first kappa shape index (κ1) is 21.6. The van der Waals surface area contributed by atoms with Crippen LogP contribution in [0.2, 0.25) is 0 Å². The van der Waals surface area contributed by atoms with Crippen molar-refractivity contribution in [3.63, 3.8) is 0 Å². The van der Waals surface area contributed by atoms with Crippen LogP contribution < -0.4 is 10.6 Å². The van der Waals surface area contributed by atoms with Gasteiger partial charge in [0.1, 0.15) is 0 Å². The SMILES string of the molecule is Cc1cc(NC(=O)c2nc3cc(C#N)ccc3n2CCc2ccc(P(O)O)cc2)ccn1. The second-order valence-corrected chi connectivity index (χ2v) is 8.34. The monoisotopic (exact) mass is 445 g/mol. The highest BCUT2D eigenvalue weighted by molar-refractivity contribution is 7.54. The zero-order chi connectivity index (χ0) is 22.7. The van der Waals surface area contributed by atoms with E-state index in [0.29, 0.717) is 35.0 Å². The third kappa shape index (κ3) is 4.66. The van der Waals surface area contributed by atoms with Gasteiger partial charge >= 0.3 is 0 Å². The minimum Gasteiger partial charge on any atom is -0.347 e. The van der Waals surface area contributed by atoms with E-state index < -0.39 is 8.38 Å². The number of nitrogens with one attached hydrogen (secondary N) is 1. The van der Waals surface area contributed by atoms with Crippen molar-refractivity contribution in [1.29, 1.82) is 5.26 Å². The third-order valence-electron chi connectivity index (χ3n) is 5.03. The van der Waals surface area contributed by atoms with Crippen molar-refractivity contribution in [1.82, 2.24) is 14.5 Å². The Bertz CT molecular complexity index is 1330. The summed E-state index contributed by atoms with van der Waals surface area (Å²) in [7, 11) is -2.12. The lowest BCUT2D eigenvalue weighted by Crippen LogP contribution is -2.19. The van der Waals surface area contributed by atoms with Gasteiger partial charge in [0.25, 0.3) is 5.91 Å². The third-order valence-corrected chi connectivity index (χ3v) is 5.79. The summed E-state index contributed by atoms with van der Waals surface area (Å²) in [6, 6.07) is 17.8. The van der Waals surface area contributed by atoms with Gasteiger partial charge in [0.2, 0.25) is 0 Å². The molecule has 0 spiro atoms. The summed E-state index contributed by atoms with van der Waals surface area (Å²) in [4.78, 5) is 40.4. The molecule has 160 valence electrons. The first-order chi connectivity index (χ1) is 15.4. The summed E-state index contributed by atoms with van der Waals surface area (Å²) in [6.45, 7) is 2.32. The molecule has 0 aliphatic heterocycles. The molecule has 0 aliphatic rings. The minimum absolute atomic E-state index is 0.246. The topological polar surface area (TPSA) is 124 Å². The van der Waals surface area contributed by atoms with Gasteiger partial charge in [0.05, 0.1) is 22.7 Å². The number of hydrogen-bond donors (Lipinski definition) is 3. The number of imidazole rings is 1. The number of nitriles is 1. The molecule has 0 saturated carbocycles. The number of pyridine rings is 1. The summed E-state index contributed by atoms with van der Waals surface area (Å²) in [5, 5.41) is 12.6. The highest BCUT2D eigenvalue weighted by atomic mass is 31.2. The average molecular weight is 445 g/mol. The van der Waals surface area contributed by atoms with Gasteiger partial charge in [-0.15, -0.1) is 0 Å². The van der Waals surface area contributed by atoms with Crippen molar-refractivity contribution in [3.05, 3.63) is 83.4 Å². The van der Waals surface area contributed by atoms with E-state index in [9.17, 15) is 19.8 Å². The second kappa shape index (κ2) is 9.25. The number of hydrogen-bond acceptors (Lipinski definition) is 6. The van der Waals surface area contributed by atoms with Gasteiger partial charge in [0, 0.05) is 29.4 Å². The molecule has 8 nitrogen and oxygen atoms in total. The lowest BCUT2D eigenvalue weighted by atomic mass is 10.1. The minimum atomic E-state index is -2.12. The normalized spacial score (nSPS) is 11.0. The molecule has 2 heterocycles. The molecular weight excluding hydrogens is 425 g/mol. The molecule has 1 amide bonds. The first-order valence-electron chi connectivity index (χ1n) is 9.86. The van der Waals surface area contributed by atoms with Crippen LogP contribution in [0.3, 0.4) is 0 Å². The lowest BCUT2D eigenvalue weighted by Gasteiger charge is -2.11.